The van der Waals surface area contributed by atoms with Crippen LogP contribution in [0.5, 0.6) is 5.75 Å². The maximum Gasteiger partial charge on any atom is 0.526 e. The lowest BCUT2D eigenvalue weighted by Crippen LogP contribution is -2.50. The average Bonchev–Trinajstić information content (AvgIpc) is 2.95. The van der Waals surface area contributed by atoms with Crippen molar-refractivity contribution in [2.24, 2.45) is 0 Å². The van der Waals surface area contributed by atoms with Gasteiger partial charge in [0.2, 0.25) is 0 Å². The van der Waals surface area contributed by atoms with Gasteiger partial charge in [-0.15, -0.1) is 0 Å². The summed E-state index contributed by atoms with van der Waals surface area (Å²) in [6.07, 6.45) is 1.84. The normalized spacial score (nSPS) is 13.9. The first kappa shape index (κ1) is 11.0. The fraction of sp³-hybridized carbons (Fsp3) is 0. The molecule has 5 rings (SSSR count). The second kappa shape index (κ2) is 3.89. The maximum absolute atomic E-state index is 6.18. The Labute approximate surface area is 123 Å². The molecule has 0 saturated heterocycles. The van der Waals surface area contributed by atoms with Gasteiger partial charge in [-0.1, -0.05) is 36.4 Å². The summed E-state index contributed by atoms with van der Waals surface area (Å²) in [5.74, 6) is 0.925. The Morgan fingerprint density at radius 2 is 1.67 bits per heavy atom. The van der Waals surface area contributed by atoms with Crippen molar-refractivity contribution in [3.05, 3.63) is 66.9 Å². The van der Waals surface area contributed by atoms with Gasteiger partial charge in [-0.05, 0) is 24.3 Å². The van der Waals surface area contributed by atoms with Gasteiger partial charge >= 0.3 is 7.05 Å². The molecule has 3 heterocycles. The lowest BCUT2D eigenvalue weighted by atomic mass is 9.66. The first-order chi connectivity index (χ1) is 10.4. The van der Waals surface area contributed by atoms with Crippen LogP contribution >= 0.6 is 0 Å². The molecular formula is C17H11BN2O. The van der Waals surface area contributed by atoms with Crippen LogP contribution < -0.4 is 14.9 Å². The molecule has 0 amide bonds. The van der Waals surface area contributed by atoms with E-state index in [9.17, 15) is 0 Å². The maximum atomic E-state index is 6.18. The van der Waals surface area contributed by atoms with Gasteiger partial charge in [0.25, 0.3) is 0 Å². The summed E-state index contributed by atoms with van der Waals surface area (Å²) in [5.41, 5.74) is 5.56. The fourth-order valence-corrected chi connectivity index (χ4v) is 3.24. The van der Waals surface area contributed by atoms with Crippen LogP contribution in [0.4, 0.5) is 11.4 Å². The van der Waals surface area contributed by atoms with Crippen molar-refractivity contribution < 1.29 is 4.65 Å². The zero-order chi connectivity index (χ0) is 13.8. The van der Waals surface area contributed by atoms with Crippen molar-refractivity contribution in [2.75, 3.05) is 4.81 Å². The number of pyridine rings is 1. The SMILES string of the molecule is c1ccc2c(c1)OB1c3cccnc3-c3ccccc3N12. The van der Waals surface area contributed by atoms with Crippen molar-refractivity contribution in [1.29, 1.82) is 0 Å². The molecule has 0 unspecified atom stereocenters. The number of fused-ring (bicyclic) bond motifs is 8. The summed E-state index contributed by atoms with van der Waals surface area (Å²) in [5, 5.41) is 0. The summed E-state index contributed by atoms with van der Waals surface area (Å²) in [6, 6.07) is 20.6. The molecule has 3 aromatic rings. The van der Waals surface area contributed by atoms with E-state index in [1.165, 1.54) is 0 Å². The molecule has 0 saturated carbocycles. The molecule has 98 valence electrons. The number of para-hydroxylation sites is 3. The Hall–Kier alpha value is -2.75. The van der Waals surface area contributed by atoms with E-state index in [2.05, 4.69) is 46.2 Å². The summed E-state index contributed by atoms with van der Waals surface area (Å²) in [4.78, 5) is 6.84. The Kier molecular flexibility index (Phi) is 2.03. The lowest BCUT2D eigenvalue weighted by Gasteiger charge is -2.30. The van der Waals surface area contributed by atoms with Gasteiger partial charge in [-0.3, -0.25) is 4.98 Å². The van der Waals surface area contributed by atoms with Crippen LogP contribution in [-0.4, -0.2) is 12.0 Å². The smallest absolute Gasteiger partial charge is 0.526 e. The van der Waals surface area contributed by atoms with E-state index in [4.69, 9.17) is 4.65 Å². The average molecular weight is 270 g/mol. The van der Waals surface area contributed by atoms with E-state index in [1.807, 2.05) is 30.5 Å². The van der Waals surface area contributed by atoms with Crippen LogP contribution in [0.3, 0.4) is 0 Å². The van der Waals surface area contributed by atoms with E-state index < -0.39 is 0 Å². The second-order valence-electron chi connectivity index (χ2n) is 5.27. The monoisotopic (exact) mass is 270 g/mol. The Morgan fingerprint density at radius 1 is 0.857 bits per heavy atom. The van der Waals surface area contributed by atoms with Crippen molar-refractivity contribution in [3.63, 3.8) is 0 Å². The van der Waals surface area contributed by atoms with Crippen LogP contribution in [0.25, 0.3) is 11.3 Å². The largest absolute Gasteiger partial charge is 0.536 e. The number of hydrogen-bond acceptors (Lipinski definition) is 3. The Bertz CT molecular complexity index is 865. The first-order valence-corrected chi connectivity index (χ1v) is 7.03. The quantitative estimate of drug-likeness (QED) is 0.587. The minimum Gasteiger partial charge on any atom is -0.536 e. The fourth-order valence-electron chi connectivity index (χ4n) is 3.24. The van der Waals surface area contributed by atoms with Crippen molar-refractivity contribution in [1.82, 2.24) is 4.98 Å². The third-order valence-corrected chi connectivity index (χ3v) is 4.12. The third kappa shape index (κ3) is 1.36. The standard InChI is InChI=1S/C17H11BN2O/c1-2-8-14-12(6-1)17-13(7-5-11-19-17)18-20(14)15-9-3-4-10-16(15)21-18/h1-11H. The van der Waals surface area contributed by atoms with Crippen LogP contribution in [-0.2, 0) is 0 Å². The topological polar surface area (TPSA) is 25.4 Å². The number of nitrogens with zero attached hydrogens (tertiary/aromatic N) is 2. The van der Waals surface area contributed by atoms with Crippen LogP contribution in [0, 0.1) is 0 Å². The third-order valence-electron chi connectivity index (χ3n) is 4.12. The van der Waals surface area contributed by atoms with E-state index >= 15 is 0 Å². The van der Waals surface area contributed by atoms with Crippen LogP contribution in [0.2, 0.25) is 0 Å². The van der Waals surface area contributed by atoms with Gasteiger partial charge in [-0.25, -0.2) is 0 Å². The zero-order valence-corrected chi connectivity index (χ0v) is 11.2. The van der Waals surface area contributed by atoms with E-state index in [0.717, 1.165) is 33.8 Å². The molecule has 0 bridgehead atoms. The zero-order valence-electron chi connectivity index (χ0n) is 11.2. The van der Waals surface area contributed by atoms with Gasteiger partial charge in [0, 0.05) is 22.9 Å². The van der Waals surface area contributed by atoms with E-state index in [0.29, 0.717) is 0 Å². The molecule has 3 nitrogen and oxygen atoms in total. The molecule has 2 aromatic carbocycles. The molecule has 0 aliphatic carbocycles. The molecule has 0 fully saturated rings. The number of aromatic nitrogens is 1. The van der Waals surface area contributed by atoms with Crippen LogP contribution in [0.15, 0.2) is 66.9 Å². The van der Waals surface area contributed by atoms with Gasteiger partial charge < -0.3 is 9.47 Å². The second-order valence-corrected chi connectivity index (χ2v) is 5.27. The molecule has 2 aliphatic rings. The number of hydrogen-bond donors (Lipinski definition) is 0. The highest BCUT2D eigenvalue weighted by Crippen LogP contribution is 2.46. The minimum atomic E-state index is -0.124. The van der Waals surface area contributed by atoms with Crippen molar-refractivity contribution in [2.45, 2.75) is 0 Å². The predicted molar refractivity (Wildman–Crippen MR) is 84.3 cm³/mol. The number of anilines is 2. The molecule has 0 spiro atoms. The highest BCUT2D eigenvalue weighted by molar-refractivity contribution is 6.76. The highest BCUT2D eigenvalue weighted by atomic mass is 16.5. The van der Waals surface area contributed by atoms with E-state index in [-0.39, 0.29) is 7.05 Å². The highest BCUT2D eigenvalue weighted by Gasteiger charge is 2.45. The summed E-state index contributed by atoms with van der Waals surface area (Å²) in [7, 11) is -0.124. The molecule has 21 heavy (non-hydrogen) atoms. The number of benzene rings is 2. The molecule has 4 heteroatoms. The summed E-state index contributed by atoms with van der Waals surface area (Å²) in [6.45, 7) is 0. The van der Waals surface area contributed by atoms with Gasteiger partial charge in [0.1, 0.15) is 5.75 Å². The van der Waals surface area contributed by atoms with E-state index in [1.54, 1.807) is 0 Å². The summed E-state index contributed by atoms with van der Waals surface area (Å²) >= 11 is 0. The van der Waals surface area contributed by atoms with Crippen molar-refractivity contribution >= 4 is 23.9 Å². The molecule has 0 N–H and O–H groups in total. The Balaban J connectivity index is 1.85. The molecular weight excluding hydrogens is 259 g/mol. The van der Waals surface area contributed by atoms with Gasteiger partial charge in [0.05, 0.1) is 11.4 Å². The number of rotatable bonds is 0. The Morgan fingerprint density at radius 3 is 2.62 bits per heavy atom. The molecule has 1 aromatic heterocycles. The van der Waals surface area contributed by atoms with Gasteiger partial charge in [-0.2, -0.15) is 0 Å². The molecule has 2 aliphatic heterocycles. The van der Waals surface area contributed by atoms with Gasteiger partial charge in [0.15, 0.2) is 0 Å². The first-order valence-electron chi connectivity index (χ1n) is 7.03. The summed E-state index contributed by atoms with van der Waals surface area (Å²) < 4.78 is 6.18. The minimum absolute atomic E-state index is 0.124. The predicted octanol–water partition coefficient (Wildman–Crippen LogP) is 2.99. The lowest BCUT2D eigenvalue weighted by molar-refractivity contribution is 0.603. The van der Waals surface area contributed by atoms with Crippen molar-refractivity contribution in [3.8, 4) is 17.0 Å². The van der Waals surface area contributed by atoms with Crippen LogP contribution in [0.1, 0.15) is 0 Å². The molecule has 0 radical (unpaired) electrons. The molecule has 0 atom stereocenters.